The number of carbonyl (C=O) groups is 3. The molecule has 0 aromatic rings. The molecule has 0 aromatic carbocycles. The van der Waals surface area contributed by atoms with E-state index in [4.69, 9.17) is 24.8 Å². The fourth-order valence-electron chi connectivity index (χ4n) is 6.94. The van der Waals surface area contributed by atoms with Crippen LogP contribution in [0.15, 0.2) is 12.2 Å². The van der Waals surface area contributed by atoms with Gasteiger partial charge >= 0.3 is 25.7 Å². The number of nitrogens with two attached hydrogens (primary N) is 1. The lowest BCUT2D eigenvalue weighted by atomic mass is 10.0. The van der Waals surface area contributed by atoms with Crippen LogP contribution in [0.25, 0.3) is 0 Å². The number of esters is 2. The highest BCUT2D eigenvalue weighted by Crippen LogP contribution is 2.43. The van der Waals surface area contributed by atoms with Crippen LogP contribution in [0.3, 0.4) is 0 Å². The van der Waals surface area contributed by atoms with Gasteiger partial charge in [-0.1, -0.05) is 199 Å². The fourth-order valence-corrected chi connectivity index (χ4v) is 7.72. The third-order valence-corrected chi connectivity index (χ3v) is 11.7. The molecular weight excluding hydrogens is 769 g/mol. The summed E-state index contributed by atoms with van der Waals surface area (Å²) < 4.78 is 32.8. The Hall–Kier alpha value is -1.78. The molecule has 4 N–H and O–H groups in total. The number of phosphoric ester groups is 1. The molecule has 0 aliphatic rings. The summed E-state index contributed by atoms with van der Waals surface area (Å²) in [5, 5.41) is 8.90. The zero-order valence-corrected chi connectivity index (χ0v) is 38.8. The van der Waals surface area contributed by atoms with Gasteiger partial charge in [0.25, 0.3) is 0 Å². The topological polar surface area (TPSA) is 172 Å². The molecule has 59 heavy (non-hydrogen) atoms. The minimum atomic E-state index is -4.72. The molecule has 0 amide bonds. The van der Waals surface area contributed by atoms with Crippen molar-refractivity contribution in [1.29, 1.82) is 0 Å². The van der Waals surface area contributed by atoms with E-state index in [2.05, 4.69) is 30.5 Å². The summed E-state index contributed by atoms with van der Waals surface area (Å²) in [6.45, 7) is 2.83. The SMILES string of the molecule is CCCCCCCCC/C=C\CCCCCCCC(=O)OC(COC(=O)CCCCCCCCCCCCCCCCCCCCC)COP(=O)(O)OCC(N)C(=O)O. The van der Waals surface area contributed by atoms with Crippen LogP contribution in [0.2, 0.25) is 0 Å². The van der Waals surface area contributed by atoms with Crippen LogP contribution in [0.5, 0.6) is 0 Å². The number of unbranched alkanes of at least 4 members (excludes halogenated alkanes) is 30. The smallest absolute Gasteiger partial charge is 0.472 e. The molecule has 0 aromatic heterocycles. The summed E-state index contributed by atoms with van der Waals surface area (Å²) in [6, 6.07) is -1.52. The van der Waals surface area contributed by atoms with Gasteiger partial charge in [-0.3, -0.25) is 23.4 Å². The number of carboxylic acid groups (broad SMARTS) is 1. The Morgan fingerprint density at radius 2 is 0.847 bits per heavy atom. The molecule has 11 nitrogen and oxygen atoms in total. The number of hydrogen-bond acceptors (Lipinski definition) is 9. The summed E-state index contributed by atoms with van der Waals surface area (Å²) in [5.74, 6) is -2.37. The lowest BCUT2D eigenvalue weighted by Gasteiger charge is -2.20. The minimum Gasteiger partial charge on any atom is -0.480 e. The third-order valence-electron chi connectivity index (χ3n) is 10.8. The molecule has 3 atom stereocenters. The van der Waals surface area contributed by atoms with Gasteiger partial charge < -0.3 is 25.2 Å². The second-order valence-corrected chi connectivity index (χ2v) is 18.1. The molecule has 0 heterocycles. The average molecular weight is 860 g/mol. The van der Waals surface area contributed by atoms with E-state index in [1.807, 2.05) is 0 Å². The molecule has 3 unspecified atom stereocenters. The molecule has 0 saturated heterocycles. The van der Waals surface area contributed by atoms with Crippen molar-refractivity contribution in [3.8, 4) is 0 Å². The molecule has 12 heteroatoms. The number of carboxylic acids is 1. The predicted octanol–water partition coefficient (Wildman–Crippen LogP) is 13.2. The van der Waals surface area contributed by atoms with E-state index in [1.54, 1.807) is 0 Å². The number of rotatable bonds is 46. The van der Waals surface area contributed by atoms with Crippen LogP contribution < -0.4 is 5.73 Å². The molecule has 0 fully saturated rings. The first-order chi connectivity index (χ1) is 28.6. The van der Waals surface area contributed by atoms with Gasteiger partial charge in [0, 0.05) is 12.8 Å². The number of phosphoric acid groups is 1. The Labute approximate surface area is 360 Å². The molecular formula is C47H90NO10P. The Morgan fingerprint density at radius 3 is 1.24 bits per heavy atom. The van der Waals surface area contributed by atoms with Gasteiger partial charge in [-0.2, -0.15) is 0 Å². The zero-order valence-electron chi connectivity index (χ0n) is 37.9. The van der Waals surface area contributed by atoms with Crippen LogP contribution in [-0.4, -0.2) is 59.9 Å². The normalized spacial score (nSPS) is 13.7. The van der Waals surface area contributed by atoms with E-state index in [0.29, 0.717) is 12.8 Å². The molecule has 0 rings (SSSR count). The Balaban J connectivity index is 4.26. The van der Waals surface area contributed by atoms with Gasteiger partial charge in [-0.25, -0.2) is 4.57 Å². The summed E-state index contributed by atoms with van der Waals surface area (Å²) in [5.41, 5.74) is 5.34. The average Bonchev–Trinajstić information content (AvgIpc) is 3.21. The predicted molar refractivity (Wildman–Crippen MR) is 240 cm³/mol. The van der Waals surface area contributed by atoms with Gasteiger partial charge in [-0.05, 0) is 38.5 Å². The maximum absolute atomic E-state index is 12.6. The van der Waals surface area contributed by atoms with E-state index in [0.717, 1.165) is 57.8 Å². The first kappa shape index (κ1) is 57.2. The van der Waals surface area contributed by atoms with E-state index in [-0.39, 0.29) is 19.4 Å². The second kappa shape index (κ2) is 42.9. The highest BCUT2D eigenvalue weighted by molar-refractivity contribution is 7.47. The Morgan fingerprint density at radius 1 is 0.508 bits per heavy atom. The van der Waals surface area contributed by atoms with Crippen LogP contribution in [0.1, 0.15) is 239 Å². The number of hydrogen-bond donors (Lipinski definition) is 3. The summed E-state index contributed by atoms with van der Waals surface area (Å²) in [6.07, 6.45) is 44.1. The van der Waals surface area contributed by atoms with Crippen molar-refractivity contribution >= 4 is 25.7 Å². The summed E-state index contributed by atoms with van der Waals surface area (Å²) in [4.78, 5) is 46.1. The Bertz CT molecular complexity index is 1060. The third kappa shape index (κ3) is 42.7. The fraction of sp³-hybridized carbons (Fsp3) is 0.894. The van der Waals surface area contributed by atoms with Crippen molar-refractivity contribution in [2.45, 2.75) is 251 Å². The van der Waals surface area contributed by atoms with Gasteiger partial charge in [-0.15, -0.1) is 0 Å². The van der Waals surface area contributed by atoms with Crippen molar-refractivity contribution < 1.29 is 47.5 Å². The molecule has 0 radical (unpaired) electrons. The van der Waals surface area contributed by atoms with Crippen molar-refractivity contribution in [1.82, 2.24) is 0 Å². The molecule has 0 aliphatic heterocycles. The van der Waals surface area contributed by atoms with Crippen molar-refractivity contribution in [2.75, 3.05) is 19.8 Å². The van der Waals surface area contributed by atoms with E-state index in [9.17, 15) is 23.8 Å². The van der Waals surface area contributed by atoms with E-state index in [1.165, 1.54) is 141 Å². The van der Waals surface area contributed by atoms with Gasteiger partial charge in [0.15, 0.2) is 6.10 Å². The second-order valence-electron chi connectivity index (χ2n) is 16.6. The van der Waals surface area contributed by atoms with E-state index < -0.39 is 51.1 Å². The number of ether oxygens (including phenoxy) is 2. The summed E-state index contributed by atoms with van der Waals surface area (Å²) in [7, 11) is -4.72. The number of carbonyl (C=O) groups excluding carboxylic acids is 2. The molecule has 0 saturated carbocycles. The van der Waals surface area contributed by atoms with E-state index >= 15 is 0 Å². The quantitative estimate of drug-likeness (QED) is 0.0230. The Kier molecular flexibility index (Phi) is 41.6. The van der Waals surface area contributed by atoms with Crippen LogP contribution in [0, 0.1) is 0 Å². The first-order valence-corrected chi connectivity index (χ1v) is 25.7. The molecule has 0 bridgehead atoms. The van der Waals surface area contributed by atoms with Crippen molar-refractivity contribution in [2.24, 2.45) is 5.73 Å². The number of aliphatic carboxylic acids is 1. The van der Waals surface area contributed by atoms with Crippen molar-refractivity contribution in [3.63, 3.8) is 0 Å². The highest BCUT2D eigenvalue weighted by Gasteiger charge is 2.28. The largest absolute Gasteiger partial charge is 0.480 e. The van der Waals surface area contributed by atoms with Gasteiger partial charge in [0.1, 0.15) is 12.6 Å². The van der Waals surface area contributed by atoms with Gasteiger partial charge in [0.2, 0.25) is 0 Å². The zero-order chi connectivity index (χ0) is 43.5. The lowest BCUT2D eigenvalue weighted by molar-refractivity contribution is -0.161. The van der Waals surface area contributed by atoms with Crippen LogP contribution in [0.4, 0.5) is 0 Å². The van der Waals surface area contributed by atoms with Crippen LogP contribution in [-0.2, 0) is 37.5 Å². The summed E-state index contributed by atoms with van der Waals surface area (Å²) >= 11 is 0. The molecule has 0 aliphatic carbocycles. The minimum absolute atomic E-state index is 0.156. The molecule has 348 valence electrons. The maximum Gasteiger partial charge on any atom is 0.472 e. The highest BCUT2D eigenvalue weighted by atomic mass is 31.2. The standard InChI is InChI=1S/C47H90NO10P/c1-3-5-7-9-11-13-15-17-19-21-22-23-25-26-28-30-32-34-36-38-45(49)55-40-43(41-56-59(53,54)57-42-44(48)47(51)52)58-46(50)39-37-35-33-31-29-27-24-20-18-16-14-12-10-8-6-4-2/h20,24,43-44H,3-19,21-23,25-42,48H2,1-2H3,(H,51,52)(H,53,54)/b24-20-. The van der Waals surface area contributed by atoms with Crippen LogP contribution >= 0.6 is 7.82 Å². The molecule has 0 spiro atoms. The van der Waals surface area contributed by atoms with Gasteiger partial charge in [0.05, 0.1) is 13.2 Å². The monoisotopic (exact) mass is 860 g/mol. The lowest BCUT2D eigenvalue weighted by Crippen LogP contribution is -2.34. The van der Waals surface area contributed by atoms with Crippen molar-refractivity contribution in [3.05, 3.63) is 12.2 Å². The first-order valence-electron chi connectivity index (χ1n) is 24.2. The number of allylic oxidation sites excluding steroid dienone is 2. The maximum atomic E-state index is 12.6.